The number of nitrogens with zero attached hydrogens (tertiary/aromatic N) is 2. The molecule has 0 aliphatic carbocycles. The monoisotopic (exact) mass is 386 g/mol. The lowest BCUT2D eigenvalue weighted by Crippen LogP contribution is -2.29. The number of aryl methyl sites for hydroxylation is 1. The molecule has 1 aliphatic heterocycles. The molecule has 2 heterocycles. The highest BCUT2D eigenvalue weighted by atomic mass is 16.2. The van der Waals surface area contributed by atoms with Crippen molar-refractivity contribution < 1.29 is 9.59 Å². The molecule has 2 aromatic carbocycles. The van der Waals surface area contributed by atoms with Crippen molar-refractivity contribution in [2.45, 2.75) is 19.9 Å². The van der Waals surface area contributed by atoms with Crippen LogP contribution in [0, 0.1) is 6.92 Å². The predicted octanol–water partition coefficient (Wildman–Crippen LogP) is 3.91. The van der Waals surface area contributed by atoms with Crippen molar-refractivity contribution in [1.82, 2.24) is 10.3 Å². The first kappa shape index (κ1) is 18.7. The van der Waals surface area contributed by atoms with E-state index in [1.165, 1.54) is 0 Å². The zero-order chi connectivity index (χ0) is 20.2. The van der Waals surface area contributed by atoms with Gasteiger partial charge in [0.1, 0.15) is 0 Å². The molecule has 1 aromatic heterocycles. The van der Waals surface area contributed by atoms with Crippen molar-refractivity contribution in [3.8, 4) is 0 Å². The molecular formula is C23H22N4O2. The minimum absolute atomic E-state index is 0.000414. The summed E-state index contributed by atoms with van der Waals surface area (Å²) in [6.45, 7) is 3.07. The average Bonchev–Trinajstić information content (AvgIpc) is 3.16. The zero-order valence-corrected chi connectivity index (χ0v) is 16.2. The van der Waals surface area contributed by atoms with Crippen LogP contribution in [-0.4, -0.2) is 23.5 Å². The maximum Gasteiger partial charge on any atom is 0.319 e. The SMILES string of the molecule is Cc1ccc(C(=O)N2CCc3cc(NC(=O)NCc4ccncc4)ccc32)cc1. The molecule has 0 unspecified atom stereocenters. The Bertz CT molecular complexity index is 1030. The molecular weight excluding hydrogens is 364 g/mol. The van der Waals surface area contributed by atoms with E-state index in [4.69, 9.17) is 0 Å². The van der Waals surface area contributed by atoms with Crippen molar-refractivity contribution in [2.75, 3.05) is 16.8 Å². The van der Waals surface area contributed by atoms with Crippen molar-refractivity contribution in [3.63, 3.8) is 0 Å². The smallest absolute Gasteiger partial charge is 0.319 e. The summed E-state index contributed by atoms with van der Waals surface area (Å²) in [5.41, 5.74) is 5.45. The van der Waals surface area contributed by atoms with Crippen molar-refractivity contribution in [2.24, 2.45) is 0 Å². The van der Waals surface area contributed by atoms with Crippen LogP contribution in [0.4, 0.5) is 16.2 Å². The van der Waals surface area contributed by atoms with Crippen molar-refractivity contribution in [1.29, 1.82) is 0 Å². The third kappa shape index (κ3) is 4.27. The molecule has 2 N–H and O–H groups in total. The lowest BCUT2D eigenvalue weighted by molar-refractivity contribution is 0.0989. The Morgan fingerprint density at radius 3 is 2.55 bits per heavy atom. The molecule has 0 bridgehead atoms. The van der Waals surface area contributed by atoms with E-state index < -0.39 is 0 Å². The minimum Gasteiger partial charge on any atom is -0.334 e. The maximum atomic E-state index is 12.8. The fourth-order valence-corrected chi connectivity index (χ4v) is 3.40. The number of hydrogen-bond acceptors (Lipinski definition) is 3. The second-order valence-corrected chi connectivity index (χ2v) is 7.08. The fraction of sp³-hybridized carbons (Fsp3) is 0.174. The second kappa shape index (κ2) is 8.14. The summed E-state index contributed by atoms with van der Waals surface area (Å²) in [5.74, 6) is -0.000414. The number of anilines is 2. The number of pyridine rings is 1. The number of rotatable bonds is 4. The van der Waals surface area contributed by atoms with E-state index in [2.05, 4.69) is 15.6 Å². The molecule has 3 amide bonds. The van der Waals surface area contributed by atoms with Gasteiger partial charge < -0.3 is 15.5 Å². The average molecular weight is 386 g/mol. The molecule has 4 rings (SSSR count). The molecule has 29 heavy (non-hydrogen) atoms. The van der Waals surface area contributed by atoms with Crippen LogP contribution in [0.5, 0.6) is 0 Å². The Balaban J connectivity index is 1.41. The van der Waals surface area contributed by atoms with E-state index in [-0.39, 0.29) is 11.9 Å². The van der Waals surface area contributed by atoms with Gasteiger partial charge in [-0.3, -0.25) is 9.78 Å². The third-order valence-corrected chi connectivity index (χ3v) is 4.98. The van der Waals surface area contributed by atoms with Crippen LogP contribution >= 0.6 is 0 Å². The minimum atomic E-state index is -0.271. The van der Waals surface area contributed by atoms with E-state index in [0.29, 0.717) is 24.3 Å². The first-order valence-corrected chi connectivity index (χ1v) is 9.55. The summed E-state index contributed by atoms with van der Waals surface area (Å²) in [6, 6.07) is 16.7. The number of fused-ring (bicyclic) bond motifs is 1. The van der Waals surface area contributed by atoms with E-state index >= 15 is 0 Å². The van der Waals surface area contributed by atoms with Crippen LogP contribution in [0.3, 0.4) is 0 Å². The predicted molar refractivity (Wildman–Crippen MR) is 113 cm³/mol. The van der Waals surface area contributed by atoms with E-state index in [9.17, 15) is 9.59 Å². The number of carbonyl (C=O) groups excluding carboxylic acids is 2. The van der Waals surface area contributed by atoms with Gasteiger partial charge in [0.25, 0.3) is 5.91 Å². The Morgan fingerprint density at radius 1 is 1.03 bits per heavy atom. The lowest BCUT2D eigenvalue weighted by Gasteiger charge is -2.18. The molecule has 0 atom stereocenters. The molecule has 0 spiro atoms. The van der Waals surface area contributed by atoms with Crippen molar-refractivity contribution >= 4 is 23.3 Å². The van der Waals surface area contributed by atoms with Gasteiger partial charge >= 0.3 is 6.03 Å². The second-order valence-electron chi connectivity index (χ2n) is 7.08. The van der Waals surface area contributed by atoms with Gasteiger partial charge in [0, 0.05) is 42.4 Å². The summed E-state index contributed by atoms with van der Waals surface area (Å²) >= 11 is 0. The molecule has 146 valence electrons. The maximum absolute atomic E-state index is 12.8. The first-order chi connectivity index (χ1) is 14.1. The van der Waals surface area contributed by atoms with Gasteiger partial charge in [0.2, 0.25) is 0 Å². The van der Waals surface area contributed by atoms with Gasteiger partial charge in [0.05, 0.1) is 0 Å². The van der Waals surface area contributed by atoms with Crippen LogP contribution in [0.2, 0.25) is 0 Å². The van der Waals surface area contributed by atoms with Gasteiger partial charge in [-0.2, -0.15) is 0 Å². The topological polar surface area (TPSA) is 74.3 Å². The van der Waals surface area contributed by atoms with E-state index in [1.54, 1.807) is 17.3 Å². The highest BCUT2D eigenvalue weighted by Crippen LogP contribution is 2.31. The van der Waals surface area contributed by atoms with Crippen molar-refractivity contribution in [3.05, 3.63) is 89.2 Å². The van der Waals surface area contributed by atoms with Crippen LogP contribution in [0.15, 0.2) is 67.0 Å². The number of hydrogen-bond donors (Lipinski definition) is 2. The number of aromatic nitrogens is 1. The number of nitrogens with one attached hydrogen (secondary N) is 2. The van der Waals surface area contributed by atoms with Crippen LogP contribution in [0.1, 0.15) is 27.0 Å². The molecule has 6 nitrogen and oxygen atoms in total. The quantitative estimate of drug-likeness (QED) is 0.714. The number of benzene rings is 2. The highest BCUT2D eigenvalue weighted by Gasteiger charge is 2.25. The number of carbonyl (C=O) groups is 2. The highest BCUT2D eigenvalue weighted by molar-refractivity contribution is 6.07. The zero-order valence-electron chi connectivity index (χ0n) is 16.2. The molecule has 0 saturated heterocycles. The third-order valence-electron chi connectivity index (χ3n) is 4.98. The molecule has 0 fully saturated rings. The fourth-order valence-electron chi connectivity index (χ4n) is 3.40. The summed E-state index contributed by atoms with van der Waals surface area (Å²) in [6.07, 6.45) is 4.15. The molecule has 0 radical (unpaired) electrons. The number of amides is 3. The molecule has 0 saturated carbocycles. The number of urea groups is 1. The normalized spacial score (nSPS) is 12.4. The molecule has 3 aromatic rings. The largest absolute Gasteiger partial charge is 0.334 e. The molecule has 1 aliphatic rings. The van der Waals surface area contributed by atoms with Gasteiger partial charge in [-0.25, -0.2) is 4.79 Å². The summed E-state index contributed by atoms with van der Waals surface area (Å²) in [4.78, 5) is 30.8. The molecule has 6 heteroatoms. The Labute approximate surface area is 169 Å². The van der Waals surface area contributed by atoms with Gasteiger partial charge in [0.15, 0.2) is 0 Å². The Kier molecular flexibility index (Phi) is 5.24. The van der Waals surface area contributed by atoms with E-state index in [1.807, 2.05) is 61.5 Å². The summed E-state index contributed by atoms with van der Waals surface area (Å²) in [7, 11) is 0. The summed E-state index contributed by atoms with van der Waals surface area (Å²) < 4.78 is 0. The Hall–Kier alpha value is -3.67. The van der Waals surface area contributed by atoms with Gasteiger partial charge in [-0.1, -0.05) is 17.7 Å². The van der Waals surface area contributed by atoms with Gasteiger partial charge in [-0.05, 0) is 66.9 Å². The van der Waals surface area contributed by atoms with E-state index in [0.717, 1.165) is 28.8 Å². The standard InChI is InChI=1S/C23H22N4O2/c1-16-2-4-18(5-3-16)22(28)27-13-10-19-14-20(6-7-21(19)27)26-23(29)25-15-17-8-11-24-12-9-17/h2-9,11-12,14H,10,13,15H2,1H3,(H2,25,26,29). The van der Waals surface area contributed by atoms with Crippen LogP contribution in [0.25, 0.3) is 0 Å². The summed E-state index contributed by atoms with van der Waals surface area (Å²) in [5, 5.41) is 5.68. The van der Waals surface area contributed by atoms with Crippen LogP contribution < -0.4 is 15.5 Å². The van der Waals surface area contributed by atoms with Crippen LogP contribution in [-0.2, 0) is 13.0 Å². The first-order valence-electron chi connectivity index (χ1n) is 9.55. The lowest BCUT2D eigenvalue weighted by atomic mass is 10.1. The van der Waals surface area contributed by atoms with Gasteiger partial charge in [-0.15, -0.1) is 0 Å². The Morgan fingerprint density at radius 2 is 1.79 bits per heavy atom.